The highest BCUT2D eigenvalue weighted by atomic mass is 35.5. The number of carbonyl (C=O) groups is 2. The van der Waals surface area contributed by atoms with Crippen molar-refractivity contribution < 1.29 is 24.2 Å². The zero-order valence-corrected chi connectivity index (χ0v) is 12.1. The van der Waals surface area contributed by atoms with E-state index in [0.29, 0.717) is 11.6 Å². The molecule has 0 unspecified atom stereocenters. The first-order valence-corrected chi connectivity index (χ1v) is 6.88. The summed E-state index contributed by atoms with van der Waals surface area (Å²) in [5, 5.41) is 9.63. The Labute approximate surface area is 127 Å². The predicted molar refractivity (Wildman–Crippen MR) is 75.1 cm³/mol. The van der Waals surface area contributed by atoms with E-state index < -0.39 is 12.0 Å². The molecule has 0 radical (unpaired) electrons. The standard InChI is InChI=1S/C14H16ClNO5/c15-11-4-2-1-3-10(11)7-21-9-13(17)16-5-6-20-8-12(16)14(18)19/h1-4,12H,5-9H2,(H,18,19)/t12-/m1/s1. The first-order chi connectivity index (χ1) is 10.1. The van der Waals surface area contributed by atoms with Crippen LogP contribution in [0.5, 0.6) is 0 Å². The molecule has 0 spiro atoms. The van der Waals surface area contributed by atoms with Crippen LogP contribution in [-0.2, 0) is 25.7 Å². The number of carboxylic acids is 1. The molecular formula is C14H16ClNO5. The Balaban J connectivity index is 1.86. The molecule has 1 aliphatic heterocycles. The van der Waals surface area contributed by atoms with E-state index in [1.54, 1.807) is 6.07 Å². The molecule has 1 heterocycles. The number of ether oxygens (including phenoxy) is 2. The number of rotatable bonds is 5. The van der Waals surface area contributed by atoms with Crippen molar-refractivity contribution in [3.63, 3.8) is 0 Å². The normalized spacial score (nSPS) is 18.5. The summed E-state index contributed by atoms with van der Waals surface area (Å²) < 4.78 is 10.4. The summed E-state index contributed by atoms with van der Waals surface area (Å²) in [5.41, 5.74) is 0.781. The molecule has 1 N–H and O–H groups in total. The SMILES string of the molecule is O=C(O)[C@H]1COCCN1C(=O)COCc1ccccc1Cl. The molecule has 7 heteroatoms. The van der Waals surface area contributed by atoms with Crippen molar-refractivity contribution in [3.8, 4) is 0 Å². The Kier molecular flexibility index (Phi) is 5.55. The smallest absolute Gasteiger partial charge is 0.328 e. The average molecular weight is 314 g/mol. The molecule has 1 saturated heterocycles. The van der Waals surface area contributed by atoms with Crippen molar-refractivity contribution in [2.75, 3.05) is 26.4 Å². The minimum Gasteiger partial charge on any atom is -0.480 e. The predicted octanol–water partition coefficient (Wildman–Crippen LogP) is 1.17. The second-order valence-corrected chi connectivity index (χ2v) is 5.01. The van der Waals surface area contributed by atoms with Crippen LogP contribution in [-0.4, -0.2) is 54.3 Å². The number of benzene rings is 1. The Hall–Kier alpha value is -1.63. The van der Waals surface area contributed by atoms with Crippen molar-refractivity contribution in [1.29, 1.82) is 0 Å². The third-order valence-electron chi connectivity index (χ3n) is 3.17. The third kappa shape index (κ3) is 4.17. The van der Waals surface area contributed by atoms with Gasteiger partial charge in [-0.1, -0.05) is 29.8 Å². The number of amides is 1. The van der Waals surface area contributed by atoms with Gasteiger partial charge in [-0.3, -0.25) is 4.79 Å². The van der Waals surface area contributed by atoms with Crippen molar-refractivity contribution >= 4 is 23.5 Å². The first kappa shape index (κ1) is 15.8. The highest BCUT2D eigenvalue weighted by Crippen LogP contribution is 2.16. The summed E-state index contributed by atoms with van der Waals surface area (Å²) in [4.78, 5) is 24.4. The van der Waals surface area contributed by atoms with Gasteiger partial charge in [0.25, 0.3) is 0 Å². The van der Waals surface area contributed by atoms with Gasteiger partial charge in [0.1, 0.15) is 6.61 Å². The first-order valence-electron chi connectivity index (χ1n) is 6.50. The fourth-order valence-corrected chi connectivity index (χ4v) is 2.24. The highest BCUT2D eigenvalue weighted by molar-refractivity contribution is 6.31. The lowest BCUT2D eigenvalue weighted by Crippen LogP contribution is -2.53. The maximum Gasteiger partial charge on any atom is 0.328 e. The minimum atomic E-state index is -1.07. The molecule has 2 rings (SSSR count). The van der Waals surface area contributed by atoms with Crippen LogP contribution >= 0.6 is 11.6 Å². The number of halogens is 1. The van der Waals surface area contributed by atoms with Gasteiger partial charge in [-0.25, -0.2) is 4.79 Å². The largest absolute Gasteiger partial charge is 0.480 e. The van der Waals surface area contributed by atoms with Gasteiger partial charge in [0.05, 0.1) is 19.8 Å². The molecule has 21 heavy (non-hydrogen) atoms. The third-order valence-corrected chi connectivity index (χ3v) is 3.54. The van der Waals surface area contributed by atoms with Crippen LogP contribution in [0.15, 0.2) is 24.3 Å². The fourth-order valence-electron chi connectivity index (χ4n) is 2.05. The molecule has 1 atom stereocenters. The molecular weight excluding hydrogens is 298 g/mol. The number of morpholine rings is 1. The Bertz CT molecular complexity index is 522. The minimum absolute atomic E-state index is 0.00554. The van der Waals surface area contributed by atoms with Gasteiger partial charge >= 0.3 is 5.97 Å². The van der Waals surface area contributed by atoms with Crippen molar-refractivity contribution in [1.82, 2.24) is 4.90 Å². The van der Waals surface area contributed by atoms with Gasteiger partial charge in [-0.2, -0.15) is 0 Å². The molecule has 0 aromatic heterocycles. The van der Waals surface area contributed by atoms with Crippen molar-refractivity contribution in [2.24, 2.45) is 0 Å². The topological polar surface area (TPSA) is 76.1 Å². The van der Waals surface area contributed by atoms with Crippen LogP contribution in [0.1, 0.15) is 5.56 Å². The molecule has 1 aliphatic rings. The van der Waals surface area contributed by atoms with Gasteiger partial charge in [0, 0.05) is 11.6 Å². The summed E-state index contributed by atoms with van der Waals surface area (Å²) >= 11 is 5.98. The van der Waals surface area contributed by atoms with Crippen LogP contribution in [0.25, 0.3) is 0 Å². The average Bonchev–Trinajstić information content (AvgIpc) is 2.49. The number of hydrogen-bond acceptors (Lipinski definition) is 4. The number of carboxylic acid groups (broad SMARTS) is 1. The second-order valence-electron chi connectivity index (χ2n) is 4.60. The lowest BCUT2D eigenvalue weighted by atomic mass is 10.2. The van der Waals surface area contributed by atoms with Gasteiger partial charge < -0.3 is 19.5 Å². The zero-order valence-electron chi connectivity index (χ0n) is 11.3. The van der Waals surface area contributed by atoms with E-state index in [1.807, 2.05) is 18.2 Å². The van der Waals surface area contributed by atoms with Crippen LogP contribution < -0.4 is 0 Å². The van der Waals surface area contributed by atoms with Crippen molar-refractivity contribution in [2.45, 2.75) is 12.6 Å². The zero-order chi connectivity index (χ0) is 15.2. The Morgan fingerprint density at radius 1 is 1.43 bits per heavy atom. The highest BCUT2D eigenvalue weighted by Gasteiger charge is 2.32. The van der Waals surface area contributed by atoms with Crippen LogP contribution in [0.3, 0.4) is 0 Å². The molecule has 0 aliphatic carbocycles. The van der Waals surface area contributed by atoms with E-state index >= 15 is 0 Å². The van der Waals surface area contributed by atoms with Crippen LogP contribution in [0, 0.1) is 0 Å². The maximum absolute atomic E-state index is 12.0. The number of nitrogens with zero attached hydrogens (tertiary/aromatic N) is 1. The summed E-state index contributed by atoms with van der Waals surface area (Å²) in [7, 11) is 0. The second kappa shape index (κ2) is 7.40. The van der Waals surface area contributed by atoms with E-state index in [2.05, 4.69) is 0 Å². The van der Waals surface area contributed by atoms with Gasteiger partial charge in [-0.05, 0) is 11.6 Å². The molecule has 0 saturated carbocycles. The van der Waals surface area contributed by atoms with Crippen molar-refractivity contribution in [3.05, 3.63) is 34.9 Å². The Morgan fingerprint density at radius 2 is 2.19 bits per heavy atom. The van der Waals surface area contributed by atoms with Crippen LogP contribution in [0.2, 0.25) is 5.02 Å². The van der Waals surface area contributed by atoms with Gasteiger partial charge in [0.15, 0.2) is 6.04 Å². The quantitative estimate of drug-likeness (QED) is 0.883. The molecule has 1 aromatic carbocycles. The summed E-state index contributed by atoms with van der Waals surface area (Å²) in [6.45, 7) is 0.610. The van der Waals surface area contributed by atoms with Gasteiger partial charge in [-0.15, -0.1) is 0 Å². The van der Waals surface area contributed by atoms with E-state index in [9.17, 15) is 9.59 Å². The maximum atomic E-state index is 12.0. The van der Waals surface area contributed by atoms with Gasteiger partial charge in [0.2, 0.25) is 5.91 Å². The molecule has 1 aromatic rings. The molecule has 6 nitrogen and oxygen atoms in total. The Morgan fingerprint density at radius 3 is 2.90 bits per heavy atom. The van der Waals surface area contributed by atoms with E-state index in [1.165, 1.54) is 4.90 Å². The van der Waals surface area contributed by atoms with E-state index in [4.69, 9.17) is 26.2 Å². The number of hydrogen-bond donors (Lipinski definition) is 1. The van der Waals surface area contributed by atoms with E-state index in [0.717, 1.165) is 5.56 Å². The molecule has 1 fully saturated rings. The number of aliphatic carboxylic acids is 1. The summed E-state index contributed by atoms with van der Waals surface area (Å²) in [6, 6.07) is 6.23. The summed E-state index contributed by atoms with van der Waals surface area (Å²) in [6.07, 6.45) is 0. The molecule has 114 valence electrons. The molecule has 1 amide bonds. The fraction of sp³-hybridized carbons (Fsp3) is 0.429. The summed E-state index contributed by atoms with van der Waals surface area (Å²) in [5.74, 6) is -1.44. The lowest BCUT2D eigenvalue weighted by molar-refractivity contribution is -0.160. The van der Waals surface area contributed by atoms with E-state index in [-0.39, 0.29) is 32.3 Å². The molecule has 0 bridgehead atoms. The number of carbonyl (C=O) groups excluding carboxylic acids is 1. The monoisotopic (exact) mass is 313 g/mol. The van der Waals surface area contributed by atoms with Crippen LogP contribution in [0.4, 0.5) is 0 Å². The lowest BCUT2D eigenvalue weighted by Gasteiger charge is -2.32.